The van der Waals surface area contributed by atoms with Crippen molar-refractivity contribution in [1.82, 2.24) is 9.97 Å². The Hall–Kier alpha value is -2.23. The molecule has 0 fully saturated rings. The number of pyridine rings is 2. The van der Waals surface area contributed by atoms with Gasteiger partial charge in [0.15, 0.2) is 0 Å². The topological polar surface area (TPSA) is 68.9 Å². The average molecular weight is 199 g/mol. The minimum Gasteiger partial charge on any atom is -0.366 e. The van der Waals surface area contributed by atoms with E-state index in [1.54, 1.807) is 30.9 Å². The molecule has 4 heteroatoms. The predicted octanol–water partition coefficient (Wildman–Crippen LogP) is 1.24. The summed E-state index contributed by atoms with van der Waals surface area (Å²) in [6.07, 6.45) is 6.49. The maximum absolute atomic E-state index is 11.2. The molecule has 15 heavy (non-hydrogen) atoms. The summed E-state index contributed by atoms with van der Waals surface area (Å²) in [5, 5.41) is 0. The minimum absolute atomic E-state index is 0.454. The molecule has 2 aromatic heterocycles. The molecule has 0 spiro atoms. The summed E-state index contributed by atoms with van der Waals surface area (Å²) in [7, 11) is 0. The van der Waals surface area contributed by atoms with Crippen molar-refractivity contribution in [2.45, 2.75) is 0 Å². The highest BCUT2D eigenvalue weighted by Crippen LogP contribution is 2.21. The van der Waals surface area contributed by atoms with Crippen molar-refractivity contribution >= 4 is 5.91 Å². The fourth-order valence-corrected chi connectivity index (χ4v) is 1.37. The van der Waals surface area contributed by atoms with Crippen LogP contribution in [0.15, 0.2) is 43.0 Å². The molecular formula is C11H9N3O. The smallest absolute Gasteiger partial charge is 0.249 e. The van der Waals surface area contributed by atoms with Crippen LogP contribution >= 0.6 is 0 Å². The van der Waals surface area contributed by atoms with E-state index < -0.39 is 5.91 Å². The molecule has 0 radical (unpaired) electrons. The van der Waals surface area contributed by atoms with Gasteiger partial charge in [-0.15, -0.1) is 0 Å². The first-order chi connectivity index (χ1) is 7.29. The summed E-state index contributed by atoms with van der Waals surface area (Å²) < 4.78 is 0. The Morgan fingerprint density at radius 3 is 2.40 bits per heavy atom. The van der Waals surface area contributed by atoms with E-state index >= 15 is 0 Å². The zero-order chi connectivity index (χ0) is 10.7. The lowest BCUT2D eigenvalue weighted by molar-refractivity contribution is 0.100. The second-order valence-corrected chi connectivity index (χ2v) is 3.02. The summed E-state index contributed by atoms with van der Waals surface area (Å²) >= 11 is 0. The van der Waals surface area contributed by atoms with Gasteiger partial charge in [-0.2, -0.15) is 0 Å². The monoisotopic (exact) mass is 199 g/mol. The number of rotatable bonds is 2. The quantitative estimate of drug-likeness (QED) is 0.791. The van der Waals surface area contributed by atoms with Crippen LogP contribution in [0.3, 0.4) is 0 Å². The van der Waals surface area contributed by atoms with E-state index in [1.165, 1.54) is 0 Å². The molecule has 0 aliphatic rings. The summed E-state index contributed by atoms with van der Waals surface area (Å²) in [5.74, 6) is -0.454. The number of amides is 1. The fourth-order valence-electron chi connectivity index (χ4n) is 1.37. The van der Waals surface area contributed by atoms with Gasteiger partial charge in [-0.05, 0) is 23.8 Å². The van der Waals surface area contributed by atoms with Crippen LogP contribution in [-0.4, -0.2) is 15.9 Å². The highest BCUT2D eigenvalue weighted by Gasteiger charge is 2.08. The lowest BCUT2D eigenvalue weighted by Gasteiger charge is -2.04. The van der Waals surface area contributed by atoms with Crippen molar-refractivity contribution in [1.29, 1.82) is 0 Å². The van der Waals surface area contributed by atoms with Crippen LogP contribution in [0, 0.1) is 0 Å². The highest BCUT2D eigenvalue weighted by molar-refractivity contribution is 5.99. The van der Waals surface area contributed by atoms with Gasteiger partial charge < -0.3 is 5.73 Å². The molecule has 1 amide bonds. The van der Waals surface area contributed by atoms with Crippen LogP contribution in [0.2, 0.25) is 0 Å². The summed E-state index contributed by atoms with van der Waals surface area (Å²) in [4.78, 5) is 19.1. The molecule has 2 heterocycles. The molecule has 0 aliphatic carbocycles. The van der Waals surface area contributed by atoms with Crippen LogP contribution in [0.1, 0.15) is 10.4 Å². The molecule has 0 saturated carbocycles. The van der Waals surface area contributed by atoms with E-state index in [-0.39, 0.29) is 0 Å². The maximum atomic E-state index is 11.2. The molecule has 2 N–H and O–H groups in total. The number of primary amides is 1. The summed E-state index contributed by atoms with van der Waals surface area (Å²) in [6.45, 7) is 0. The minimum atomic E-state index is -0.454. The molecule has 0 unspecified atom stereocenters. The number of nitrogens with zero attached hydrogens (tertiary/aromatic N) is 2. The van der Waals surface area contributed by atoms with Crippen molar-refractivity contribution in [2.24, 2.45) is 5.73 Å². The summed E-state index contributed by atoms with van der Waals surface area (Å²) in [6, 6.07) is 5.23. The van der Waals surface area contributed by atoms with E-state index in [0.29, 0.717) is 5.56 Å². The second kappa shape index (κ2) is 3.88. The van der Waals surface area contributed by atoms with Crippen molar-refractivity contribution in [2.75, 3.05) is 0 Å². The molecular weight excluding hydrogens is 190 g/mol. The van der Waals surface area contributed by atoms with Crippen LogP contribution in [0.25, 0.3) is 11.1 Å². The Bertz CT molecular complexity index is 482. The first-order valence-corrected chi connectivity index (χ1v) is 4.43. The van der Waals surface area contributed by atoms with E-state index in [9.17, 15) is 4.79 Å². The van der Waals surface area contributed by atoms with Gasteiger partial charge in [-0.25, -0.2) is 0 Å². The van der Waals surface area contributed by atoms with Gasteiger partial charge in [-0.1, -0.05) is 0 Å². The molecule has 74 valence electrons. The normalized spacial score (nSPS) is 9.87. The second-order valence-electron chi connectivity index (χ2n) is 3.02. The molecule has 0 atom stereocenters. The number of aromatic nitrogens is 2. The van der Waals surface area contributed by atoms with Gasteiger partial charge in [0.05, 0.1) is 0 Å². The van der Waals surface area contributed by atoms with Gasteiger partial charge in [0, 0.05) is 35.9 Å². The third kappa shape index (κ3) is 1.83. The molecule has 4 nitrogen and oxygen atoms in total. The zero-order valence-corrected chi connectivity index (χ0v) is 7.92. The van der Waals surface area contributed by atoms with Gasteiger partial charge >= 0.3 is 0 Å². The van der Waals surface area contributed by atoms with E-state index in [2.05, 4.69) is 9.97 Å². The first kappa shape index (κ1) is 9.33. The third-order valence-corrected chi connectivity index (χ3v) is 2.08. The van der Waals surface area contributed by atoms with Crippen molar-refractivity contribution in [3.8, 4) is 11.1 Å². The Morgan fingerprint density at radius 1 is 1.07 bits per heavy atom. The van der Waals surface area contributed by atoms with Crippen molar-refractivity contribution < 1.29 is 4.79 Å². The number of hydrogen-bond donors (Lipinski definition) is 1. The fraction of sp³-hybridized carbons (Fsp3) is 0. The zero-order valence-electron chi connectivity index (χ0n) is 7.92. The Balaban J connectivity index is 2.58. The SMILES string of the molecule is NC(=O)c1ccncc1-c1ccncc1. The maximum Gasteiger partial charge on any atom is 0.249 e. The number of carbonyl (C=O) groups excluding carboxylic acids is 1. The molecule has 2 rings (SSSR count). The van der Waals surface area contributed by atoms with Crippen molar-refractivity contribution in [3.63, 3.8) is 0 Å². The standard InChI is InChI=1S/C11H9N3O/c12-11(15)9-3-6-14-7-10(9)8-1-4-13-5-2-8/h1-7H,(H2,12,15). The molecule has 0 bridgehead atoms. The molecule has 0 saturated heterocycles. The predicted molar refractivity (Wildman–Crippen MR) is 56.0 cm³/mol. The molecule has 2 aromatic rings. The van der Waals surface area contributed by atoms with Crippen LogP contribution in [0.5, 0.6) is 0 Å². The van der Waals surface area contributed by atoms with Crippen molar-refractivity contribution in [3.05, 3.63) is 48.5 Å². The largest absolute Gasteiger partial charge is 0.366 e. The van der Waals surface area contributed by atoms with Gasteiger partial charge in [0.25, 0.3) is 0 Å². The van der Waals surface area contributed by atoms with Gasteiger partial charge in [-0.3, -0.25) is 14.8 Å². The Labute approximate surface area is 86.8 Å². The lowest BCUT2D eigenvalue weighted by Crippen LogP contribution is -2.12. The lowest BCUT2D eigenvalue weighted by atomic mass is 10.0. The van der Waals surface area contributed by atoms with Gasteiger partial charge in [0.2, 0.25) is 5.91 Å². The van der Waals surface area contributed by atoms with E-state index in [1.807, 2.05) is 12.1 Å². The van der Waals surface area contributed by atoms with Crippen LogP contribution < -0.4 is 5.73 Å². The van der Waals surface area contributed by atoms with E-state index in [4.69, 9.17) is 5.73 Å². The number of hydrogen-bond acceptors (Lipinski definition) is 3. The Kier molecular flexibility index (Phi) is 2.41. The third-order valence-electron chi connectivity index (χ3n) is 2.08. The number of carbonyl (C=O) groups is 1. The summed E-state index contributed by atoms with van der Waals surface area (Å²) in [5.41, 5.74) is 7.35. The van der Waals surface area contributed by atoms with Gasteiger partial charge in [0.1, 0.15) is 0 Å². The van der Waals surface area contributed by atoms with Crippen LogP contribution in [-0.2, 0) is 0 Å². The number of nitrogens with two attached hydrogens (primary N) is 1. The highest BCUT2D eigenvalue weighted by atomic mass is 16.1. The molecule has 0 aliphatic heterocycles. The Morgan fingerprint density at radius 2 is 1.73 bits per heavy atom. The molecule has 0 aromatic carbocycles. The first-order valence-electron chi connectivity index (χ1n) is 4.43. The van der Waals surface area contributed by atoms with E-state index in [0.717, 1.165) is 11.1 Å². The van der Waals surface area contributed by atoms with Crippen LogP contribution in [0.4, 0.5) is 0 Å². The average Bonchev–Trinajstić information content (AvgIpc) is 2.30.